The highest BCUT2D eigenvalue weighted by molar-refractivity contribution is 6.12. The molecule has 0 aliphatic carbocycles. The van der Waals surface area contributed by atoms with Crippen molar-refractivity contribution in [3.05, 3.63) is 218 Å². The summed E-state index contributed by atoms with van der Waals surface area (Å²) in [4.78, 5) is 31.0. The molecule has 9 aromatic carbocycles. The van der Waals surface area contributed by atoms with Crippen LogP contribution in [0.2, 0.25) is 0 Å². The van der Waals surface area contributed by atoms with Crippen molar-refractivity contribution in [2.45, 2.75) is 0 Å². The topological polar surface area (TPSA) is 77.3 Å². The molecule has 0 radical (unpaired) electrons. The van der Waals surface area contributed by atoms with Crippen LogP contribution in [0.4, 0.5) is 0 Å². The normalized spacial score (nSPS) is 11.6. The van der Waals surface area contributed by atoms with E-state index in [0.717, 1.165) is 115 Å². The zero-order valence-electron chi connectivity index (χ0n) is 35.5. The van der Waals surface area contributed by atoms with Crippen LogP contribution in [0.3, 0.4) is 0 Å². The Balaban J connectivity index is 1.03. The maximum atomic E-state index is 5.33. The zero-order chi connectivity index (χ0) is 43.6. The van der Waals surface area contributed by atoms with E-state index in [2.05, 4.69) is 182 Å². The fraction of sp³-hybridized carbons (Fsp3) is 0. The molecule has 0 aliphatic rings. The van der Waals surface area contributed by atoms with Gasteiger partial charge in [-0.25, -0.2) is 29.9 Å². The summed E-state index contributed by atoms with van der Waals surface area (Å²) in [6.07, 6.45) is 0. The predicted octanol–water partition coefficient (Wildman–Crippen LogP) is 15.0. The van der Waals surface area contributed by atoms with Gasteiger partial charge in [0.1, 0.15) is 0 Å². The maximum absolute atomic E-state index is 5.33. The highest BCUT2D eigenvalue weighted by Gasteiger charge is 2.19. The summed E-state index contributed by atoms with van der Waals surface area (Å²) in [7, 11) is 0. The van der Waals surface area contributed by atoms with Gasteiger partial charge in [-0.3, -0.25) is 0 Å². The minimum atomic E-state index is 0.579. The summed E-state index contributed by atoms with van der Waals surface area (Å²) in [5.41, 5.74) is 14.9. The Hall–Kier alpha value is -9.00. The van der Waals surface area contributed by atoms with Gasteiger partial charge in [-0.05, 0) is 71.3 Å². The Morgan fingerprint density at radius 2 is 0.394 bits per heavy atom. The quantitative estimate of drug-likeness (QED) is 0.155. The van der Waals surface area contributed by atoms with Crippen LogP contribution in [-0.4, -0.2) is 29.9 Å². The average molecular weight is 841 g/mol. The van der Waals surface area contributed by atoms with Gasteiger partial charge in [-0.15, -0.1) is 0 Å². The van der Waals surface area contributed by atoms with Gasteiger partial charge >= 0.3 is 0 Å². The first-order valence-corrected chi connectivity index (χ1v) is 22.1. The second-order valence-electron chi connectivity index (χ2n) is 16.6. The van der Waals surface area contributed by atoms with Crippen LogP contribution in [0.1, 0.15) is 0 Å². The third-order valence-corrected chi connectivity index (χ3v) is 12.6. The minimum absolute atomic E-state index is 0.579. The second-order valence-corrected chi connectivity index (χ2v) is 16.6. The van der Waals surface area contributed by atoms with E-state index in [-0.39, 0.29) is 0 Å². The molecule has 4 heterocycles. The number of para-hydroxylation sites is 6. The molecule has 0 unspecified atom stereocenters. The van der Waals surface area contributed by atoms with Gasteiger partial charge < -0.3 is 0 Å². The molecule has 0 N–H and O–H groups in total. The van der Waals surface area contributed by atoms with E-state index in [0.29, 0.717) is 17.5 Å². The summed E-state index contributed by atoms with van der Waals surface area (Å²) in [6, 6.07) is 75.8. The monoisotopic (exact) mass is 840 g/mol. The number of fused-ring (bicyclic) bond motifs is 6. The molecule has 0 bridgehead atoms. The van der Waals surface area contributed by atoms with Crippen LogP contribution < -0.4 is 0 Å². The van der Waals surface area contributed by atoms with Gasteiger partial charge in [-0.1, -0.05) is 164 Å². The van der Waals surface area contributed by atoms with Gasteiger partial charge in [0.05, 0.1) is 33.1 Å². The molecule has 0 aliphatic heterocycles. The molecule has 6 nitrogen and oxygen atoms in total. The van der Waals surface area contributed by atoms with Crippen LogP contribution in [0.5, 0.6) is 0 Å². The Kier molecular flexibility index (Phi) is 8.74. The Morgan fingerprint density at radius 1 is 0.182 bits per heavy atom. The number of hydrogen-bond donors (Lipinski definition) is 0. The van der Waals surface area contributed by atoms with Crippen molar-refractivity contribution in [3.8, 4) is 67.5 Å². The van der Waals surface area contributed by atoms with E-state index in [9.17, 15) is 0 Å². The summed E-state index contributed by atoms with van der Waals surface area (Å²) in [5, 5.41) is 6.54. The summed E-state index contributed by atoms with van der Waals surface area (Å²) in [5.74, 6) is 1.74. The van der Waals surface area contributed by atoms with Crippen molar-refractivity contribution >= 4 is 65.4 Å². The molecular weight excluding hydrogens is 805 g/mol. The molecule has 0 amide bonds. The lowest BCUT2D eigenvalue weighted by Crippen LogP contribution is -2.01. The standard InChI is InChI=1S/C60H36N6/c1-7-28-49-43(22-1)55(44-23-2-8-29-50(44)61-49)37-16-13-19-40(34-37)58-64-59(41-20-14-17-38(35-41)56-45-24-3-9-30-51(45)62-52-31-10-4-25-46(52)56)66-60(65-58)42-21-15-18-39(36-42)57-47-26-5-11-32-53(47)63-54-33-12-6-27-48(54)57/h1-36H. The van der Waals surface area contributed by atoms with Crippen LogP contribution >= 0.6 is 0 Å². The van der Waals surface area contributed by atoms with Crippen molar-refractivity contribution in [3.63, 3.8) is 0 Å². The van der Waals surface area contributed by atoms with Gasteiger partial charge in [0, 0.05) is 65.7 Å². The van der Waals surface area contributed by atoms with Crippen LogP contribution in [0.25, 0.3) is 133 Å². The molecule has 6 heteroatoms. The van der Waals surface area contributed by atoms with E-state index < -0.39 is 0 Å². The first-order valence-electron chi connectivity index (χ1n) is 22.1. The highest BCUT2D eigenvalue weighted by atomic mass is 15.0. The van der Waals surface area contributed by atoms with E-state index in [1.54, 1.807) is 0 Å². The second kappa shape index (κ2) is 15.4. The first kappa shape index (κ1) is 37.5. The molecule has 0 fully saturated rings. The molecule has 66 heavy (non-hydrogen) atoms. The average Bonchev–Trinajstić information content (AvgIpc) is 3.38. The molecule has 0 saturated heterocycles. The third-order valence-electron chi connectivity index (χ3n) is 12.6. The number of rotatable bonds is 6. The lowest BCUT2D eigenvalue weighted by molar-refractivity contribution is 1.07. The molecule has 0 spiro atoms. The van der Waals surface area contributed by atoms with Crippen molar-refractivity contribution in [2.24, 2.45) is 0 Å². The van der Waals surface area contributed by atoms with Crippen molar-refractivity contribution < 1.29 is 0 Å². The molecule has 4 aromatic heterocycles. The van der Waals surface area contributed by atoms with E-state index >= 15 is 0 Å². The van der Waals surface area contributed by atoms with Crippen molar-refractivity contribution in [2.75, 3.05) is 0 Å². The summed E-state index contributed by atoms with van der Waals surface area (Å²) in [6.45, 7) is 0. The SMILES string of the molecule is c1cc(-c2nc(-c3cccc(-c4c5ccccc5nc5ccccc45)c3)nc(-c3cccc(-c4c5ccccc5nc5ccccc45)c3)n2)cc(-c2c3ccccc3nc3ccccc23)c1. The number of pyridine rings is 3. The third kappa shape index (κ3) is 6.34. The Labute approximate surface area is 379 Å². The van der Waals surface area contributed by atoms with Gasteiger partial charge in [0.25, 0.3) is 0 Å². The zero-order valence-corrected chi connectivity index (χ0v) is 35.5. The fourth-order valence-electron chi connectivity index (χ4n) is 9.66. The van der Waals surface area contributed by atoms with Crippen LogP contribution in [0.15, 0.2) is 218 Å². The predicted molar refractivity (Wildman–Crippen MR) is 271 cm³/mol. The molecular formula is C60H36N6. The van der Waals surface area contributed by atoms with Crippen molar-refractivity contribution in [1.29, 1.82) is 0 Å². The largest absolute Gasteiger partial charge is 0.248 e. The maximum Gasteiger partial charge on any atom is 0.164 e. The highest BCUT2D eigenvalue weighted by Crippen LogP contribution is 2.40. The first-order chi connectivity index (χ1) is 32.7. The summed E-state index contributed by atoms with van der Waals surface area (Å²) >= 11 is 0. The van der Waals surface area contributed by atoms with Gasteiger partial charge in [0.2, 0.25) is 0 Å². The van der Waals surface area contributed by atoms with E-state index in [1.165, 1.54) is 0 Å². The van der Waals surface area contributed by atoms with E-state index in [1.807, 2.05) is 36.4 Å². The Bertz CT molecular complexity index is 3490. The number of hydrogen-bond acceptors (Lipinski definition) is 6. The smallest absolute Gasteiger partial charge is 0.164 e. The van der Waals surface area contributed by atoms with Crippen LogP contribution in [-0.2, 0) is 0 Å². The molecule has 13 aromatic rings. The molecule has 0 saturated carbocycles. The van der Waals surface area contributed by atoms with Gasteiger partial charge in [0.15, 0.2) is 17.5 Å². The minimum Gasteiger partial charge on any atom is -0.248 e. The summed E-state index contributed by atoms with van der Waals surface area (Å²) < 4.78 is 0. The Morgan fingerprint density at radius 3 is 0.636 bits per heavy atom. The number of nitrogens with zero attached hydrogens (tertiary/aromatic N) is 6. The van der Waals surface area contributed by atoms with Crippen LogP contribution in [0, 0.1) is 0 Å². The van der Waals surface area contributed by atoms with E-state index in [4.69, 9.17) is 29.9 Å². The molecule has 306 valence electrons. The molecule has 13 rings (SSSR count). The molecule has 0 atom stereocenters. The number of aromatic nitrogens is 6. The number of benzene rings is 9. The lowest BCUT2D eigenvalue weighted by atomic mass is 9.94. The lowest BCUT2D eigenvalue weighted by Gasteiger charge is -2.14. The fourth-order valence-corrected chi connectivity index (χ4v) is 9.66. The van der Waals surface area contributed by atoms with Gasteiger partial charge in [-0.2, -0.15) is 0 Å². The van der Waals surface area contributed by atoms with Crippen molar-refractivity contribution in [1.82, 2.24) is 29.9 Å².